The monoisotopic (exact) mass is 580 g/mol. The third-order valence-corrected chi connectivity index (χ3v) is 8.13. The summed E-state index contributed by atoms with van der Waals surface area (Å²) in [5, 5.41) is 12.4. The summed E-state index contributed by atoms with van der Waals surface area (Å²) in [5.41, 5.74) is 3.63. The van der Waals surface area contributed by atoms with Crippen molar-refractivity contribution < 1.29 is 18.5 Å². The summed E-state index contributed by atoms with van der Waals surface area (Å²) >= 11 is 0. The number of piperazine rings is 1. The van der Waals surface area contributed by atoms with E-state index in [0.29, 0.717) is 49.4 Å². The number of nitrogens with zero attached hydrogens (tertiary/aromatic N) is 4. The van der Waals surface area contributed by atoms with E-state index in [9.17, 15) is 23.7 Å². The zero-order valence-corrected chi connectivity index (χ0v) is 23.4. The molecule has 1 saturated heterocycles. The Morgan fingerprint density at radius 2 is 1.60 bits per heavy atom. The first-order valence-corrected chi connectivity index (χ1v) is 14.2. The van der Waals surface area contributed by atoms with Gasteiger partial charge < -0.3 is 14.4 Å². The summed E-state index contributed by atoms with van der Waals surface area (Å²) in [6.07, 6.45) is 1.98. The van der Waals surface area contributed by atoms with Gasteiger partial charge in [-0.1, -0.05) is 54.6 Å². The topological polar surface area (TPSA) is 71.6 Å². The number of rotatable bonds is 8. The van der Waals surface area contributed by atoms with Gasteiger partial charge in [-0.2, -0.15) is 0 Å². The number of fused-ring (bicyclic) bond motifs is 1. The van der Waals surface area contributed by atoms with Gasteiger partial charge in [0.05, 0.1) is 10.6 Å². The zero-order chi connectivity index (χ0) is 29.9. The van der Waals surface area contributed by atoms with Crippen molar-refractivity contribution in [1.29, 1.82) is 0 Å². The van der Waals surface area contributed by atoms with Gasteiger partial charge in [0.15, 0.2) is 0 Å². The van der Waals surface area contributed by atoms with E-state index in [4.69, 9.17) is 0 Å². The van der Waals surface area contributed by atoms with Crippen molar-refractivity contribution in [2.45, 2.75) is 18.9 Å². The Kier molecular flexibility index (Phi) is 7.87. The first kappa shape index (κ1) is 28.1. The summed E-state index contributed by atoms with van der Waals surface area (Å²) in [5.74, 6) is -1.38. The Bertz CT molecular complexity index is 1780. The predicted octanol–water partition coefficient (Wildman–Crippen LogP) is 6.75. The number of anilines is 1. The van der Waals surface area contributed by atoms with Crippen molar-refractivity contribution in [3.8, 4) is 0 Å². The highest BCUT2D eigenvalue weighted by Crippen LogP contribution is 2.37. The largest absolute Gasteiger partial charge is 0.366 e. The normalized spacial score (nSPS) is 14.2. The van der Waals surface area contributed by atoms with Crippen LogP contribution in [-0.2, 0) is 11.3 Å². The Labute approximate surface area is 247 Å². The standard InChI is InChI=1S/C34H30F2N4O3/c35-26-10-6-9-25(19-26)28(21-34(41)38-17-15-37(16-18-38)33-12-5-4-11-31(33)36)30-23-39(22-24-7-2-1-3-8-24)32-14-13-27(40(42)43)20-29(30)32/h1-14,19-20,23,28H,15-18,21-22H2. The van der Waals surface area contributed by atoms with Crippen LogP contribution in [0.3, 0.4) is 0 Å². The van der Waals surface area contributed by atoms with Crippen molar-refractivity contribution in [1.82, 2.24) is 9.47 Å². The molecule has 1 aliphatic heterocycles. The molecular formula is C34H30F2N4O3. The van der Waals surface area contributed by atoms with Crippen LogP contribution >= 0.6 is 0 Å². The Balaban J connectivity index is 1.34. The lowest BCUT2D eigenvalue weighted by Gasteiger charge is -2.36. The number of nitro groups is 1. The lowest BCUT2D eigenvalue weighted by Crippen LogP contribution is -2.49. The number of hydrogen-bond acceptors (Lipinski definition) is 4. The van der Waals surface area contributed by atoms with Crippen LogP contribution in [0.25, 0.3) is 10.9 Å². The van der Waals surface area contributed by atoms with Crippen molar-refractivity contribution in [2.24, 2.45) is 0 Å². The number of aromatic nitrogens is 1. The highest BCUT2D eigenvalue weighted by Gasteiger charge is 2.29. The molecule has 0 aliphatic carbocycles. The average Bonchev–Trinajstić information content (AvgIpc) is 3.37. The zero-order valence-electron chi connectivity index (χ0n) is 23.4. The number of nitro benzene ring substituents is 1. The maximum absolute atomic E-state index is 14.5. The van der Waals surface area contributed by atoms with E-state index < -0.39 is 16.7 Å². The first-order chi connectivity index (χ1) is 20.9. The average molecular weight is 581 g/mol. The van der Waals surface area contributed by atoms with Crippen LogP contribution in [0.2, 0.25) is 0 Å². The fourth-order valence-corrected chi connectivity index (χ4v) is 5.95. The van der Waals surface area contributed by atoms with Crippen molar-refractivity contribution in [3.63, 3.8) is 0 Å². The van der Waals surface area contributed by atoms with Gasteiger partial charge in [0.1, 0.15) is 11.6 Å². The lowest BCUT2D eigenvalue weighted by atomic mass is 9.87. The van der Waals surface area contributed by atoms with Crippen molar-refractivity contribution >= 4 is 28.2 Å². The third-order valence-electron chi connectivity index (χ3n) is 8.13. The molecule has 43 heavy (non-hydrogen) atoms. The number of hydrogen-bond donors (Lipinski definition) is 0. The van der Waals surface area contributed by atoms with Gasteiger partial charge in [0.25, 0.3) is 5.69 Å². The van der Waals surface area contributed by atoms with E-state index in [0.717, 1.165) is 16.6 Å². The van der Waals surface area contributed by atoms with Crippen LogP contribution in [0.15, 0.2) is 103 Å². The summed E-state index contributed by atoms with van der Waals surface area (Å²) in [6, 6.07) is 27.4. The molecule has 5 aromatic rings. The summed E-state index contributed by atoms with van der Waals surface area (Å²) in [4.78, 5) is 28.8. The Morgan fingerprint density at radius 3 is 2.33 bits per heavy atom. The molecule has 0 bridgehead atoms. The van der Waals surface area contributed by atoms with E-state index in [1.165, 1.54) is 30.3 Å². The summed E-state index contributed by atoms with van der Waals surface area (Å²) < 4.78 is 30.9. The molecule has 4 aromatic carbocycles. The van der Waals surface area contributed by atoms with E-state index >= 15 is 0 Å². The molecule has 0 N–H and O–H groups in total. The van der Waals surface area contributed by atoms with E-state index in [2.05, 4.69) is 0 Å². The smallest absolute Gasteiger partial charge is 0.270 e. The SMILES string of the molecule is O=C(CC(c1cccc(F)c1)c1cn(Cc2ccccc2)c2ccc([N+](=O)[O-])cc12)N1CCN(c2ccccc2F)CC1. The van der Waals surface area contributed by atoms with Crippen LogP contribution < -0.4 is 4.90 Å². The minimum absolute atomic E-state index is 0.0519. The summed E-state index contributed by atoms with van der Waals surface area (Å²) in [7, 11) is 0. The first-order valence-electron chi connectivity index (χ1n) is 14.2. The Morgan fingerprint density at radius 1 is 0.860 bits per heavy atom. The minimum Gasteiger partial charge on any atom is -0.366 e. The second kappa shape index (κ2) is 12.1. The van der Waals surface area contributed by atoms with Crippen LogP contribution in [0.4, 0.5) is 20.2 Å². The van der Waals surface area contributed by atoms with Gasteiger partial charge in [-0.15, -0.1) is 0 Å². The van der Waals surface area contributed by atoms with Crippen LogP contribution in [0.5, 0.6) is 0 Å². The van der Waals surface area contributed by atoms with Crippen LogP contribution in [-0.4, -0.2) is 46.5 Å². The van der Waals surface area contributed by atoms with Crippen molar-refractivity contribution in [3.05, 3.63) is 142 Å². The molecule has 1 aliphatic rings. The molecule has 7 nitrogen and oxygen atoms in total. The van der Waals surface area contributed by atoms with Crippen LogP contribution in [0, 0.1) is 21.7 Å². The van der Waals surface area contributed by atoms with Gasteiger partial charge in [-0.05, 0) is 47.0 Å². The molecule has 0 spiro atoms. The number of para-hydroxylation sites is 1. The molecule has 0 saturated carbocycles. The van der Waals surface area contributed by atoms with E-state index in [-0.39, 0.29) is 23.8 Å². The molecule has 1 aromatic heterocycles. The van der Waals surface area contributed by atoms with Gasteiger partial charge in [0.2, 0.25) is 5.91 Å². The van der Waals surface area contributed by atoms with Gasteiger partial charge in [-0.25, -0.2) is 8.78 Å². The van der Waals surface area contributed by atoms with Crippen LogP contribution in [0.1, 0.15) is 29.0 Å². The molecule has 218 valence electrons. The highest BCUT2D eigenvalue weighted by atomic mass is 19.1. The number of halogens is 2. The molecule has 6 rings (SSSR count). The van der Waals surface area contributed by atoms with Gasteiger partial charge in [-0.3, -0.25) is 14.9 Å². The third kappa shape index (κ3) is 5.97. The number of carbonyl (C=O) groups is 1. The highest BCUT2D eigenvalue weighted by molar-refractivity contribution is 5.88. The van der Waals surface area contributed by atoms with E-state index in [1.54, 1.807) is 41.3 Å². The maximum atomic E-state index is 14.5. The second-order valence-electron chi connectivity index (χ2n) is 10.8. The lowest BCUT2D eigenvalue weighted by molar-refractivity contribution is -0.384. The molecular weight excluding hydrogens is 550 g/mol. The second-order valence-corrected chi connectivity index (χ2v) is 10.8. The van der Waals surface area contributed by atoms with E-state index in [1.807, 2.05) is 46.0 Å². The molecule has 2 heterocycles. The van der Waals surface area contributed by atoms with Gasteiger partial charge >= 0.3 is 0 Å². The number of amides is 1. The Hall–Kier alpha value is -5.05. The fourth-order valence-electron chi connectivity index (χ4n) is 5.95. The molecule has 1 unspecified atom stereocenters. The molecule has 9 heteroatoms. The fraction of sp³-hybridized carbons (Fsp3) is 0.206. The molecule has 0 radical (unpaired) electrons. The minimum atomic E-state index is -0.547. The number of carbonyl (C=O) groups excluding carboxylic acids is 1. The number of benzene rings is 4. The molecule has 1 amide bonds. The van der Waals surface area contributed by atoms with Crippen molar-refractivity contribution in [2.75, 3.05) is 31.1 Å². The summed E-state index contributed by atoms with van der Waals surface area (Å²) in [6.45, 7) is 2.34. The maximum Gasteiger partial charge on any atom is 0.270 e. The molecule has 1 fully saturated rings. The molecule has 1 atom stereocenters. The predicted molar refractivity (Wildman–Crippen MR) is 162 cm³/mol. The quantitative estimate of drug-likeness (QED) is 0.150. The van der Waals surface area contributed by atoms with Gasteiger partial charge in [0, 0.05) is 74.3 Å². The number of non-ortho nitro benzene ring substituents is 1.